The average molecular weight is 448 g/mol. The van der Waals surface area contributed by atoms with Crippen molar-refractivity contribution in [2.75, 3.05) is 21.3 Å². The third-order valence-corrected chi connectivity index (χ3v) is 5.60. The molecule has 0 amide bonds. The van der Waals surface area contributed by atoms with Crippen LogP contribution >= 0.6 is 0 Å². The van der Waals surface area contributed by atoms with E-state index in [1.807, 2.05) is 35.8 Å². The third-order valence-electron chi connectivity index (χ3n) is 5.60. The fraction of sp³-hybridized carbons (Fsp3) is 0.292. The number of ether oxygens (including phenoxy) is 5. The Kier molecular flexibility index (Phi) is 5.37. The Morgan fingerprint density at radius 1 is 0.939 bits per heavy atom. The number of methoxy groups -OCH3 is 3. The highest BCUT2D eigenvalue weighted by atomic mass is 16.6. The van der Waals surface area contributed by atoms with Crippen molar-refractivity contribution >= 4 is 11.2 Å². The molecule has 0 bridgehead atoms. The van der Waals surface area contributed by atoms with Crippen LogP contribution in [0.4, 0.5) is 0 Å². The van der Waals surface area contributed by atoms with Crippen molar-refractivity contribution in [3.63, 3.8) is 0 Å². The SMILES string of the molecule is COc1cnc2c(c1)ncn2Cc1cc(OC)c2c(c1)O[C@@H](C)[C@H](c1ccc(OC)nc1)O2. The van der Waals surface area contributed by atoms with Gasteiger partial charge in [0.15, 0.2) is 23.3 Å². The first-order valence-corrected chi connectivity index (χ1v) is 10.5. The number of imidazole rings is 1. The summed E-state index contributed by atoms with van der Waals surface area (Å²) in [6.07, 6.45) is 4.63. The van der Waals surface area contributed by atoms with E-state index in [1.165, 1.54) is 0 Å². The van der Waals surface area contributed by atoms with Gasteiger partial charge in [-0.15, -0.1) is 0 Å². The molecule has 3 aromatic heterocycles. The smallest absolute Gasteiger partial charge is 0.212 e. The largest absolute Gasteiger partial charge is 0.495 e. The minimum atomic E-state index is -0.326. The van der Waals surface area contributed by atoms with Gasteiger partial charge < -0.3 is 28.3 Å². The van der Waals surface area contributed by atoms with E-state index >= 15 is 0 Å². The number of aromatic nitrogens is 4. The van der Waals surface area contributed by atoms with Crippen molar-refractivity contribution in [2.24, 2.45) is 0 Å². The van der Waals surface area contributed by atoms with Gasteiger partial charge in [-0.2, -0.15) is 0 Å². The Morgan fingerprint density at radius 2 is 1.82 bits per heavy atom. The van der Waals surface area contributed by atoms with Crippen LogP contribution < -0.4 is 23.7 Å². The van der Waals surface area contributed by atoms with Gasteiger partial charge in [0.05, 0.1) is 40.4 Å². The lowest BCUT2D eigenvalue weighted by molar-refractivity contribution is 0.0277. The quantitative estimate of drug-likeness (QED) is 0.440. The van der Waals surface area contributed by atoms with E-state index in [1.54, 1.807) is 46.1 Å². The van der Waals surface area contributed by atoms with Crippen LogP contribution in [0.3, 0.4) is 0 Å². The predicted molar refractivity (Wildman–Crippen MR) is 120 cm³/mol. The lowest BCUT2D eigenvalue weighted by Gasteiger charge is -2.33. The first kappa shape index (κ1) is 20.9. The van der Waals surface area contributed by atoms with Crippen LogP contribution in [0.15, 0.2) is 49.1 Å². The Morgan fingerprint density at radius 3 is 2.55 bits per heavy atom. The van der Waals surface area contributed by atoms with Gasteiger partial charge in [0.25, 0.3) is 0 Å². The van der Waals surface area contributed by atoms with Gasteiger partial charge in [0.2, 0.25) is 11.6 Å². The van der Waals surface area contributed by atoms with Crippen LogP contribution in [0.2, 0.25) is 0 Å². The van der Waals surface area contributed by atoms with Crippen LogP contribution in [0.25, 0.3) is 11.2 Å². The first-order chi connectivity index (χ1) is 16.1. The molecule has 0 fully saturated rings. The summed E-state index contributed by atoms with van der Waals surface area (Å²) in [7, 11) is 4.81. The fourth-order valence-corrected chi connectivity index (χ4v) is 3.94. The number of rotatable bonds is 6. The monoisotopic (exact) mass is 448 g/mol. The molecule has 0 spiro atoms. The van der Waals surface area contributed by atoms with E-state index < -0.39 is 0 Å². The summed E-state index contributed by atoms with van der Waals surface area (Å²) in [5.74, 6) is 3.02. The molecule has 0 saturated heterocycles. The van der Waals surface area contributed by atoms with Gasteiger partial charge >= 0.3 is 0 Å². The maximum absolute atomic E-state index is 6.34. The number of nitrogens with zero attached hydrogens (tertiary/aromatic N) is 4. The molecule has 4 heterocycles. The van der Waals surface area contributed by atoms with E-state index in [2.05, 4.69) is 15.0 Å². The van der Waals surface area contributed by atoms with Gasteiger partial charge in [0.1, 0.15) is 17.4 Å². The molecule has 170 valence electrons. The molecule has 1 aliphatic rings. The first-order valence-electron chi connectivity index (χ1n) is 10.5. The second-order valence-corrected chi connectivity index (χ2v) is 7.71. The second kappa shape index (κ2) is 8.50. The zero-order valence-corrected chi connectivity index (χ0v) is 18.8. The molecular formula is C24H24N4O5. The summed E-state index contributed by atoms with van der Waals surface area (Å²) in [6, 6.07) is 9.50. The number of hydrogen-bond acceptors (Lipinski definition) is 8. The van der Waals surface area contributed by atoms with Crippen LogP contribution in [-0.2, 0) is 6.54 Å². The molecule has 33 heavy (non-hydrogen) atoms. The van der Waals surface area contributed by atoms with Crippen LogP contribution in [0, 0.1) is 0 Å². The molecule has 1 aromatic carbocycles. The maximum Gasteiger partial charge on any atom is 0.212 e. The highest BCUT2D eigenvalue weighted by Gasteiger charge is 2.32. The Balaban J connectivity index is 1.44. The van der Waals surface area contributed by atoms with Gasteiger partial charge in [0, 0.05) is 23.9 Å². The van der Waals surface area contributed by atoms with Gasteiger partial charge in [-0.25, -0.2) is 15.0 Å². The van der Waals surface area contributed by atoms with Crippen molar-refractivity contribution in [1.82, 2.24) is 19.5 Å². The maximum atomic E-state index is 6.34. The average Bonchev–Trinajstić information content (AvgIpc) is 3.24. The molecule has 0 aliphatic carbocycles. The molecule has 5 rings (SSSR count). The predicted octanol–water partition coefficient (Wildman–Crippen LogP) is 3.80. The number of pyridine rings is 2. The zero-order valence-electron chi connectivity index (χ0n) is 18.8. The second-order valence-electron chi connectivity index (χ2n) is 7.71. The highest BCUT2D eigenvalue weighted by molar-refractivity contribution is 5.72. The zero-order chi connectivity index (χ0) is 22.9. The summed E-state index contributed by atoms with van der Waals surface area (Å²) in [6.45, 7) is 2.51. The molecule has 9 nitrogen and oxygen atoms in total. The number of benzene rings is 1. The highest BCUT2D eigenvalue weighted by Crippen LogP contribution is 2.46. The molecule has 1 aliphatic heterocycles. The minimum absolute atomic E-state index is 0.226. The molecule has 4 aromatic rings. The van der Waals surface area contributed by atoms with Crippen LogP contribution in [0.5, 0.6) is 28.9 Å². The van der Waals surface area contributed by atoms with E-state index in [4.69, 9.17) is 23.7 Å². The molecular weight excluding hydrogens is 424 g/mol. The van der Waals surface area contributed by atoms with Crippen molar-refractivity contribution in [2.45, 2.75) is 25.7 Å². The summed E-state index contributed by atoms with van der Waals surface area (Å²) < 4.78 is 30.6. The lowest BCUT2D eigenvalue weighted by atomic mass is 10.0. The summed E-state index contributed by atoms with van der Waals surface area (Å²) in [4.78, 5) is 13.2. The summed E-state index contributed by atoms with van der Waals surface area (Å²) >= 11 is 0. The molecule has 2 atom stereocenters. The van der Waals surface area contributed by atoms with Crippen molar-refractivity contribution in [3.05, 3.63) is 60.2 Å². The Hall–Kier alpha value is -4.01. The van der Waals surface area contributed by atoms with Crippen LogP contribution in [0.1, 0.15) is 24.2 Å². The van der Waals surface area contributed by atoms with E-state index in [0.29, 0.717) is 35.4 Å². The number of hydrogen-bond donors (Lipinski definition) is 0. The van der Waals surface area contributed by atoms with Gasteiger partial charge in [-0.1, -0.05) is 0 Å². The normalized spacial score (nSPS) is 17.1. The molecule has 0 radical (unpaired) electrons. The summed E-state index contributed by atoms with van der Waals surface area (Å²) in [5, 5.41) is 0. The number of fused-ring (bicyclic) bond motifs is 2. The molecule has 0 saturated carbocycles. The van der Waals surface area contributed by atoms with Crippen LogP contribution in [-0.4, -0.2) is 47.0 Å². The van der Waals surface area contributed by atoms with Gasteiger partial charge in [-0.05, 0) is 30.7 Å². The van der Waals surface area contributed by atoms with E-state index in [0.717, 1.165) is 22.3 Å². The topological polar surface area (TPSA) is 89.8 Å². The molecule has 0 unspecified atom stereocenters. The fourth-order valence-electron chi connectivity index (χ4n) is 3.94. The lowest BCUT2D eigenvalue weighted by Crippen LogP contribution is -2.31. The Bertz CT molecular complexity index is 1290. The van der Waals surface area contributed by atoms with Crippen molar-refractivity contribution < 1.29 is 23.7 Å². The Labute approximate surface area is 190 Å². The minimum Gasteiger partial charge on any atom is -0.495 e. The van der Waals surface area contributed by atoms with Gasteiger partial charge in [-0.3, -0.25) is 0 Å². The van der Waals surface area contributed by atoms with Crippen molar-refractivity contribution in [3.8, 4) is 28.9 Å². The molecule has 9 heteroatoms. The van der Waals surface area contributed by atoms with E-state index in [9.17, 15) is 0 Å². The third kappa shape index (κ3) is 3.86. The summed E-state index contributed by atoms with van der Waals surface area (Å²) in [5.41, 5.74) is 3.41. The molecule has 0 N–H and O–H groups in total. The standard InChI is InChI=1S/C24H24N4O5/c1-14-22(16-5-6-21(31-4)25-10-16)33-23-19(30-3)7-15(8-20(23)32-14)12-28-13-27-18-9-17(29-2)11-26-24(18)28/h5-11,13-14,22H,12H2,1-4H3/t14-,22+/m0/s1. The van der Waals surface area contributed by atoms with E-state index in [-0.39, 0.29) is 12.2 Å². The van der Waals surface area contributed by atoms with Crippen molar-refractivity contribution in [1.29, 1.82) is 0 Å².